The lowest BCUT2D eigenvalue weighted by Crippen LogP contribution is -2.18. The fraction of sp³-hybridized carbons (Fsp3) is 0.500. The van der Waals surface area contributed by atoms with Gasteiger partial charge in [0.25, 0.3) is 0 Å². The van der Waals surface area contributed by atoms with Crippen molar-refractivity contribution in [2.75, 3.05) is 16.8 Å². The molecular weight excluding hydrogens is 288 g/mol. The minimum Gasteiger partial charge on any atom is -0.324 e. The van der Waals surface area contributed by atoms with E-state index in [1.54, 1.807) is 19.1 Å². The number of rotatable bonds is 3. The zero-order valence-electron chi connectivity index (χ0n) is 10.5. The van der Waals surface area contributed by atoms with Crippen LogP contribution in [0.25, 0.3) is 0 Å². The summed E-state index contributed by atoms with van der Waals surface area (Å²) < 4.78 is 22.6. The van der Waals surface area contributed by atoms with E-state index in [0.717, 1.165) is 0 Å². The zero-order chi connectivity index (χ0) is 14.0. The first-order valence-electron chi connectivity index (χ1n) is 5.99. The van der Waals surface area contributed by atoms with Crippen molar-refractivity contribution >= 4 is 33.0 Å². The quantitative estimate of drug-likeness (QED) is 0.864. The summed E-state index contributed by atoms with van der Waals surface area (Å²) in [7, 11) is -2.94. The molecule has 104 valence electrons. The van der Waals surface area contributed by atoms with Crippen LogP contribution in [0.5, 0.6) is 0 Å². The largest absolute Gasteiger partial charge is 0.324 e. The van der Waals surface area contributed by atoms with Crippen LogP contribution in [0.4, 0.5) is 5.69 Å². The minimum absolute atomic E-state index is 0.0782. The number of nitrogens with zero attached hydrogens (tertiary/aromatic N) is 1. The SMILES string of the molecule is Cc1nc(Cl)ccc1NC(=O)CC1CCS(=O)(=O)C1. The van der Waals surface area contributed by atoms with Crippen LogP contribution in [0.1, 0.15) is 18.5 Å². The Labute approximate surface area is 117 Å². The van der Waals surface area contributed by atoms with Crippen LogP contribution < -0.4 is 5.32 Å². The number of aromatic nitrogens is 1. The molecule has 0 saturated carbocycles. The van der Waals surface area contributed by atoms with Gasteiger partial charge in [0.2, 0.25) is 5.91 Å². The van der Waals surface area contributed by atoms with Crippen molar-refractivity contribution in [2.45, 2.75) is 19.8 Å². The maximum atomic E-state index is 11.8. The highest BCUT2D eigenvalue weighted by molar-refractivity contribution is 7.91. The lowest BCUT2D eigenvalue weighted by Gasteiger charge is -2.10. The Kier molecular flexibility index (Phi) is 4.10. The Morgan fingerprint density at radius 1 is 1.53 bits per heavy atom. The molecule has 1 aromatic heterocycles. The van der Waals surface area contributed by atoms with E-state index in [1.165, 1.54) is 0 Å². The Bertz CT molecular complexity index is 601. The van der Waals surface area contributed by atoms with Gasteiger partial charge in [0.1, 0.15) is 5.15 Å². The standard InChI is InChI=1S/C12H15ClN2O3S/c1-8-10(2-3-11(13)14-8)15-12(16)6-9-4-5-19(17,18)7-9/h2-3,9H,4-7H2,1H3,(H,15,16). The Morgan fingerprint density at radius 2 is 2.26 bits per heavy atom. The van der Waals surface area contributed by atoms with Gasteiger partial charge in [-0.1, -0.05) is 11.6 Å². The lowest BCUT2D eigenvalue weighted by molar-refractivity contribution is -0.116. The van der Waals surface area contributed by atoms with Gasteiger partial charge in [0.15, 0.2) is 9.84 Å². The summed E-state index contributed by atoms with van der Waals surface area (Å²) >= 11 is 5.73. The second-order valence-electron chi connectivity index (χ2n) is 4.79. The molecule has 1 amide bonds. The van der Waals surface area contributed by atoms with Crippen molar-refractivity contribution in [3.05, 3.63) is 23.0 Å². The van der Waals surface area contributed by atoms with Crippen molar-refractivity contribution in [3.8, 4) is 0 Å². The van der Waals surface area contributed by atoms with E-state index >= 15 is 0 Å². The summed E-state index contributed by atoms with van der Waals surface area (Å²) in [6, 6.07) is 3.29. The van der Waals surface area contributed by atoms with Crippen LogP contribution in [-0.4, -0.2) is 30.8 Å². The first-order chi connectivity index (χ1) is 8.85. The molecule has 1 N–H and O–H groups in total. The number of pyridine rings is 1. The van der Waals surface area contributed by atoms with Gasteiger partial charge in [-0.05, 0) is 31.4 Å². The number of amides is 1. The fourth-order valence-corrected chi connectivity index (χ4v) is 4.21. The van der Waals surface area contributed by atoms with E-state index in [0.29, 0.717) is 23.0 Å². The molecule has 1 aromatic rings. The van der Waals surface area contributed by atoms with Crippen LogP contribution in [0.2, 0.25) is 5.15 Å². The van der Waals surface area contributed by atoms with E-state index in [4.69, 9.17) is 11.6 Å². The van der Waals surface area contributed by atoms with Crippen molar-refractivity contribution < 1.29 is 13.2 Å². The normalized spacial score (nSPS) is 21.3. The van der Waals surface area contributed by atoms with Crippen LogP contribution in [0.15, 0.2) is 12.1 Å². The summed E-state index contributed by atoms with van der Waals surface area (Å²) in [6.45, 7) is 1.75. The molecule has 2 heterocycles. The molecule has 5 nitrogen and oxygen atoms in total. The smallest absolute Gasteiger partial charge is 0.224 e. The highest BCUT2D eigenvalue weighted by Gasteiger charge is 2.29. The van der Waals surface area contributed by atoms with Crippen LogP contribution in [0.3, 0.4) is 0 Å². The van der Waals surface area contributed by atoms with Gasteiger partial charge in [-0.15, -0.1) is 0 Å². The molecule has 0 aromatic carbocycles. The van der Waals surface area contributed by atoms with Gasteiger partial charge in [0, 0.05) is 6.42 Å². The second kappa shape index (κ2) is 5.46. The molecule has 19 heavy (non-hydrogen) atoms. The lowest BCUT2D eigenvalue weighted by atomic mass is 10.0. The predicted molar refractivity (Wildman–Crippen MR) is 74.0 cm³/mol. The van der Waals surface area contributed by atoms with Gasteiger partial charge in [0.05, 0.1) is 22.9 Å². The number of hydrogen-bond donors (Lipinski definition) is 1. The number of hydrogen-bond acceptors (Lipinski definition) is 4. The first-order valence-corrected chi connectivity index (χ1v) is 8.19. The molecule has 1 unspecified atom stereocenters. The van der Waals surface area contributed by atoms with Crippen molar-refractivity contribution in [1.29, 1.82) is 0 Å². The molecule has 1 aliphatic rings. The van der Waals surface area contributed by atoms with E-state index in [2.05, 4.69) is 10.3 Å². The van der Waals surface area contributed by atoms with Gasteiger partial charge in [-0.3, -0.25) is 4.79 Å². The van der Waals surface area contributed by atoms with Crippen molar-refractivity contribution in [3.63, 3.8) is 0 Å². The van der Waals surface area contributed by atoms with Gasteiger partial charge in [-0.2, -0.15) is 0 Å². The number of carbonyl (C=O) groups is 1. The van der Waals surface area contributed by atoms with Crippen LogP contribution in [-0.2, 0) is 14.6 Å². The first kappa shape index (κ1) is 14.3. The number of carbonyl (C=O) groups excluding carboxylic acids is 1. The average Bonchev–Trinajstić information content (AvgIpc) is 2.62. The molecular formula is C12H15ClN2O3S. The molecule has 0 aliphatic carbocycles. The molecule has 2 rings (SSSR count). The third-order valence-corrected chi connectivity index (χ3v) is 5.17. The van der Waals surface area contributed by atoms with Crippen LogP contribution in [0, 0.1) is 12.8 Å². The van der Waals surface area contributed by atoms with Gasteiger partial charge in [-0.25, -0.2) is 13.4 Å². The molecule has 1 aliphatic heterocycles. The number of sulfone groups is 1. The van der Waals surface area contributed by atoms with Gasteiger partial charge >= 0.3 is 0 Å². The molecule has 0 radical (unpaired) electrons. The van der Waals surface area contributed by atoms with E-state index in [1.807, 2.05) is 0 Å². The summed E-state index contributed by atoms with van der Waals surface area (Å²) in [5.41, 5.74) is 1.25. The predicted octanol–water partition coefficient (Wildman–Crippen LogP) is 1.81. The topological polar surface area (TPSA) is 76.1 Å². The van der Waals surface area contributed by atoms with Gasteiger partial charge < -0.3 is 5.32 Å². The molecule has 0 bridgehead atoms. The Hall–Kier alpha value is -1.14. The second-order valence-corrected chi connectivity index (χ2v) is 7.40. The molecule has 0 spiro atoms. The number of nitrogens with one attached hydrogen (secondary N) is 1. The Balaban J connectivity index is 1.95. The summed E-state index contributed by atoms with van der Waals surface area (Å²) in [5.74, 6) is 0.0324. The summed E-state index contributed by atoms with van der Waals surface area (Å²) in [6.07, 6.45) is 0.787. The maximum Gasteiger partial charge on any atom is 0.224 e. The van der Waals surface area contributed by atoms with Crippen molar-refractivity contribution in [2.24, 2.45) is 5.92 Å². The highest BCUT2D eigenvalue weighted by Crippen LogP contribution is 2.23. The van der Waals surface area contributed by atoms with E-state index in [9.17, 15) is 13.2 Å². The van der Waals surface area contributed by atoms with E-state index < -0.39 is 9.84 Å². The van der Waals surface area contributed by atoms with E-state index in [-0.39, 0.29) is 29.8 Å². The zero-order valence-corrected chi connectivity index (χ0v) is 12.1. The minimum atomic E-state index is -2.94. The van der Waals surface area contributed by atoms with Crippen molar-refractivity contribution in [1.82, 2.24) is 4.98 Å². The summed E-state index contributed by atoms with van der Waals surface area (Å²) in [5, 5.41) is 3.11. The molecule has 1 fully saturated rings. The molecule has 1 saturated heterocycles. The number of aryl methyl sites for hydroxylation is 1. The number of anilines is 1. The molecule has 7 heteroatoms. The third-order valence-electron chi connectivity index (χ3n) is 3.13. The monoisotopic (exact) mass is 302 g/mol. The summed E-state index contributed by atoms with van der Waals surface area (Å²) in [4.78, 5) is 15.9. The number of halogens is 1. The fourth-order valence-electron chi connectivity index (χ4n) is 2.16. The Morgan fingerprint density at radius 3 is 2.84 bits per heavy atom. The maximum absolute atomic E-state index is 11.8. The molecule has 1 atom stereocenters. The average molecular weight is 303 g/mol. The third kappa shape index (κ3) is 3.91. The van der Waals surface area contributed by atoms with Crippen LogP contribution >= 0.6 is 11.6 Å². The highest BCUT2D eigenvalue weighted by atomic mass is 35.5.